The fraction of sp³-hybridized carbons (Fsp3) is 0.188. The van der Waals surface area contributed by atoms with Gasteiger partial charge in [0.2, 0.25) is 5.91 Å². The van der Waals surface area contributed by atoms with E-state index in [-0.39, 0.29) is 11.7 Å². The second-order valence-electron chi connectivity index (χ2n) is 4.67. The summed E-state index contributed by atoms with van der Waals surface area (Å²) in [5, 5.41) is 2.76. The molecule has 20 heavy (non-hydrogen) atoms. The molecule has 2 aromatic rings. The maximum atomic E-state index is 13.1. The Morgan fingerprint density at radius 2 is 2.05 bits per heavy atom. The molecular formula is C16H15BrFNO. The summed E-state index contributed by atoms with van der Waals surface area (Å²) in [6.45, 7) is 2.03. The van der Waals surface area contributed by atoms with E-state index in [4.69, 9.17) is 0 Å². The highest BCUT2D eigenvalue weighted by Crippen LogP contribution is 2.20. The molecule has 0 heterocycles. The summed E-state index contributed by atoms with van der Waals surface area (Å²) < 4.78 is 13.4. The van der Waals surface area contributed by atoms with Gasteiger partial charge >= 0.3 is 0 Å². The standard InChI is InChI=1S/C16H15BrFNO/c1-11-3-2-4-12(9-11)5-8-16(20)19-13-6-7-15(18)14(17)10-13/h2-4,6-7,9-10H,5,8H2,1H3,(H,19,20). The highest BCUT2D eigenvalue weighted by molar-refractivity contribution is 9.10. The van der Waals surface area contributed by atoms with Gasteiger partial charge in [-0.3, -0.25) is 4.79 Å². The van der Waals surface area contributed by atoms with Gasteiger partial charge in [0.15, 0.2) is 0 Å². The molecule has 0 fully saturated rings. The molecule has 2 nitrogen and oxygen atoms in total. The third-order valence-corrected chi connectivity index (χ3v) is 3.53. The van der Waals surface area contributed by atoms with Gasteiger partial charge in [-0.1, -0.05) is 29.8 Å². The van der Waals surface area contributed by atoms with E-state index in [1.165, 1.54) is 11.6 Å². The molecule has 1 amide bonds. The SMILES string of the molecule is Cc1cccc(CCC(=O)Nc2ccc(F)c(Br)c2)c1. The molecule has 0 spiro atoms. The molecule has 2 aromatic carbocycles. The van der Waals surface area contributed by atoms with E-state index in [0.29, 0.717) is 23.0 Å². The Labute approximate surface area is 126 Å². The number of carbonyl (C=O) groups is 1. The smallest absolute Gasteiger partial charge is 0.224 e. The first kappa shape index (κ1) is 14.7. The molecule has 0 radical (unpaired) electrons. The van der Waals surface area contributed by atoms with Gasteiger partial charge in [0.05, 0.1) is 4.47 Å². The zero-order valence-electron chi connectivity index (χ0n) is 11.1. The van der Waals surface area contributed by atoms with Crippen LogP contribution in [0.25, 0.3) is 0 Å². The van der Waals surface area contributed by atoms with Crippen LogP contribution < -0.4 is 5.32 Å². The number of nitrogens with one attached hydrogen (secondary N) is 1. The summed E-state index contributed by atoms with van der Waals surface area (Å²) in [5.41, 5.74) is 2.92. The monoisotopic (exact) mass is 335 g/mol. The van der Waals surface area contributed by atoms with Gasteiger partial charge in [0, 0.05) is 12.1 Å². The summed E-state index contributed by atoms with van der Waals surface area (Å²) in [7, 11) is 0. The van der Waals surface area contributed by atoms with E-state index < -0.39 is 0 Å². The predicted octanol–water partition coefficient (Wildman–Crippen LogP) is 4.47. The van der Waals surface area contributed by atoms with E-state index in [9.17, 15) is 9.18 Å². The lowest BCUT2D eigenvalue weighted by atomic mass is 10.1. The van der Waals surface area contributed by atoms with E-state index >= 15 is 0 Å². The highest BCUT2D eigenvalue weighted by atomic mass is 79.9. The Morgan fingerprint density at radius 1 is 1.25 bits per heavy atom. The first-order valence-electron chi connectivity index (χ1n) is 6.35. The number of carbonyl (C=O) groups excluding carboxylic acids is 1. The van der Waals surface area contributed by atoms with Crippen LogP contribution in [0.15, 0.2) is 46.9 Å². The molecular weight excluding hydrogens is 321 g/mol. The third-order valence-electron chi connectivity index (χ3n) is 2.93. The van der Waals surface area contributed by atoms with Crippen molar-refractivity contribution in [3.8, 4) is 0 Å². The largest absolute Gasteiger partial charge is 0.326 e. The number of hydrogen-bond donors (Lipinski definition) is 1. The first-order valence-corrected chi connectivity index (χ1v) is 7.14. The maximum Gasteiger partial charge on any atom is 0.224 e. The number of benzene rings is 2. The zero-order valence-corrected chi connectivity index (χ0v) is 12.7. The van der Waals surface area contributed by atoms with Crippen molar-refractivity contribution < 1.29 is 9.18 Å². The zero-order chi connectivity index (χ0) is 14.5. The molecule has 0 aliphatic carbocycles. The number of anilines is 1. The van der Waals surface area contributed by atoms with E-state index in [1.54, 1.807) is 12.1 Å². The number of rotatable bonds is 4. The fourth-order valence-corrected chi connectivity index (χ4v) is 2.30. The number of hydrogen-bond acceptors (Lipinski definition) is 1. The number of halogens is 2. The van der Waals surface area contributed by atoms with E-state index in [2.05, 4.69) is 27.3 Å². The summed E-state index contributed by atoms with van der Waals surface area (Å²) in [4.78, 5) is 11.8. The lowest BCUT2D eigenvalue weighted by molar-refractivity contribution is -0.116. The average Bonchev–Trinajstić information content (AvgIpc) is 2.41. The fourth-order valence-electron chi connectivity index (χ4n) is 1.92. The van der Waals surface area contributed by atoms with Crippen molar-refractivity contribution in [1.82, 2.24) is 0 Å². The third kappa shape index (κ3) is 4.17. The van der Waals surface area contributed by atoms with Gasteiger partial charge in [0.25, 0.3) is 0 Å². The van der Waals surface area contributed by atoms with Crippen LogP contribution in [0.4, 0.5) is 10.1 Å². The second kappa shape index (κ2) is 6.66. The van der Waals surface area contributed by atoms with Crippen molar-refractivity contribution >= 4 is 27.5 Å². The van der Waals surface area contributed by atoms with Gasteiger partial charge < -0.3 is 5.32 Å². The van der Waals surface area contributed by atoms with Crippen molar-refractivity contribution in [2.75, 3.05) is 5.32 Å². The van der Waals surface area contributed by atoms with Gasteiger partial charge in [-0.15, -0.1) is 0 Å². The van der Waals surface area contributed by atoms with Crippen LogP contribution in [-0.2, 0) is 11.2 Å². The van der Waals surface area contributed by atoms with Gasteiger partial charge in [0.1, 0.15) is 5.82 Å². The summed E-state index contributed by atoms with van der Waals surface area (Å²) >= 11 is 3.09. The molecule has 0 aliphatic rings. The molecule has 104 valence electrons. The maximum absolute atomic E-state index is 13.1. The van der Waals surface area contributed by atoms with Crippen LogP contribution in [-0.4, -0.2) is 5.91 Å². The van der Waals surface area contributed by atoms with Crippen LogP contribution in [0.3, 0.4) is 0 Å². The van der Waals surface area contributed by atoms with Crippen molar-refractivity contribution in [1.29, 1.82) is 0 Å². The van der Waals surface area contributed by atoms with E-state index in [1.807, 2.05) is 25.1 Å². The highest BCUT2D eigenvalue weighted by Gasteiger charge is 2.05. The van der Waals surface area contributed by atoms with Crippen LogP contribution in [0.5, 0.6) is 0 Å². The van der Waals surface area contributed by atoms with E-state index in [0.717, 1.165) is 5.56 Å². The van der Waals surface area contributed by atoms with Crippen molar-refractivity contribution in [3.05, 3.63) is 63.9 Å². The Morgan fingerprint density at radius 3 is 2.75 bits per heavy atom. The van der Waals surface area contributed by atoms with Crippen LogP contribution >= 0.6 is 15.9 Å². The van der Waals surface area contributed by atoms with Crippen molar-refractivity contribution in [2.45, 2.75) is 19.8 Å². The Hall–Kier alpha value is -1.68. The van der Waals surface area contributed by atoms with Gasteiger partial charge in [-0.05, 0) is 53.0 Å². The molecule has 0 aromatic heterocycles. The molecule has 1 N–H and O–H groups in total. The Kier molecular flexibility index (Phi) is 4.90. The van der Waals surface area contributed by atoms with Crippen molar-refractivity contribution in [2.24, 2.45) is 0 Å². The predicted molar refractivity (Wildman–Crippen MR) is 82.2 cm³/mol. The Bertz CT molecular complexity index is 628. The summed E-state index contributed by atoms with van der Waals surface area (Å²) in [5.74, 6) is -0.423. The average molecular weight is 336 g/mol. The molecule has 2 rings (SSSR count). The Balaban J connectivity index is 1.91. The molecule has 0 saturated heterocycles. The first-order chi connectivity index (χ1) is 9.54. The lowest BCUT2D eigenvalue weighted by Gasteiger charge is -2.06. The molecule has 0 saturated carbocycles. The lowest BCUT2D eigenvalue weighted by Crippen LogP contribution is -2.12. The molecule has 0 bridgehead atoms. The minimum Gasteiger partial charge on any atom is -0.326 e. The normalized spacial score (nSPS) is 10.3. The number of aryl methyl sites for hydroxylation is 2. The minimum absolute atomic E-state index is 0.0787. The van der Waals surface area contributed by atoms with Crippen LogP contribution in [0.1, 0.15) is 17.5 Å². The summed E-state index contributed by atoms with van der Waals surface area (Å²) in [6, 6.07) is 12.5. The second-order valence-corrected chi connectivity index (χ2v) is 5.52. The van der Waals surface area contributed by atoms with Crippen LogP contribution in [0, 0.1) is 12.7 Å². The quantitative estimate of drug-likeness (QED) is 0.877. The molecule has 4 heteroatoms. The van der Waals surface area contributed by atoms with Crippen LogP contribution in [0.2, 0.25) is 0 Å². The minimum atomic E-state index is -0.345. The summed E-state index contributed by atoms with van der Waals surface area (Å²) in [6.07, 6.45) is 1.09. The molecule has 0 unspecified atom stereocenters. The topological polar surface area (TPSA) is 29.1 Å². The number of amides is 1. The van der Waals surface area contributed by atoms with Crippen molar-refractivity contribution in [3.63, 3.8) is 0 Å². The van der Waals surface area contributed by atoms with Gasteiger partial charge in [-0.2, -0.15) is 0 Å². The van der Waals surface area contributed by atoms with Gasteiger partial charge in [-0.25, -0.2) is 4.39 Å². The molecule has 0 aliphatic heterocycles. The molecule has 0 atom stereocenters.